The number of hydrogen-bond donors (Lipinski definition) is 1. The van der Waals surface area contributed by atoms with Gasteiger partial charge in [0.1, 0.15) is 11.5 Å². The van der Waals surface area contributed by atoms with Crippen LogP contribution in [0.2, 0.25) is 5.02 Å². The molecule has 1 N–H and O–H groups in total. The van der Waals surface area contributed by atoms with Crippen molar-refractivity contribution in [3.8, 4) is 5.75 Å². The molecule has 0 fully saturated rings. The van der Waals surface area contributed by atoms with Crippen molar-refractivity contribution in [2.75, 3.05) is 5.75 Å². The van der Waals surface area contributed by atoms with Gasteiger partial charge in [-0.1, -0.05) is 11.6 Å². The summed E-state index contributed by atoms with van der Waals surface area (Å²) < 4.78 is 33.4. The molecule has 0 atom stereocenters. The maximum Gasteiger partial charge on any atom is 0.308 e. The van der Waals surface area contributed by atoms with Crippen LogP contribution in [0, 0.1) is 0 Å². The highest BCUT2D eigenvalue weighted by atomic mass is 35.5. The number of halogens is 1. The minimum Gasteiger partial charge on any atom is -0.468 e. The lowest BCUT2D eigenvalue weighted by Gasteiger charge is -2.11. The molecule has 0 unspecified atom stereocenters. The Balaban J connectivity index is 2.08. The Bertz CT molecular complexity index is 683. The van der Waals surface area contributed by atoms with Crippen LogP contribution in [-0.2, 0) is 23.2 Å². The van der Waals surface area contributed by atoms with E-state index in [2.05, 4.69) is 5.32 Å². The van der Waals surface area contributed by atoms with E-state index in [0.29, 0.717) is 23.7 Å². The maximum absolute atomic E-state index is 11.6. The normalized spacial score (nSPS) is 11.5. The van der Waals surface area contributed by atoms with Crippen molar-refractivity contribution in [1.82, 2.24) is 5.32 Å². The van der Waals surface area contributed by atoms with Crippen molar-refractivity contribution < 1.29 is 17.0 Å². The molecule has 21 heavy (non-hydrogen) atoms. The lowest BCUT2D eigenvalue weighted by atomic mass is 10.2. The van der Waals surface area contributed by atoms with Crippen molar-refractivity contribution >= 4 is 21.7 Å². The zero-order chi connectivity index (χ0) is 15.3. The van der Waals surface area contributed by atoms with E-state index in [1.54, 1.807) is 30.5 Å². The van der Waals surface area contributed by atoms with Crippen LogP contribution in [0.3, 0.4) is 0 Å². The van der Waals surface area contributed by atoms with Gasteiger partial charge in [0.2, 0.25) is 0 Å². The monoisotopic (exact) mass is 329 g/mol. The van der Waals surface area contributed by atoms with Crippen LogP contribution in [-0.4, -0.2) is 14.2 Å². The third kappa shape index (κ3) is 4.77. The van der Waals surface area contributed by atoms with E-state index in [1.165, 1.54) is 6.92 Å². The van der Waals surface area contributed by atoms with Gasteiger partial charge in [0.15, 0.2) is 0 Å². The van der Waals surface area contributed by atoms with Gasteiger partial charge < -0.3 is 13.9 Å². The Morgan fingerprint density at radius 1 is 1.29 bits per heavy atom. The van der Waals surface area contributed by atoms with Gasteiger partial charge in [0, 0.05) is 17.1 Å². The Hall–Kier alpha value is -1.50. The highest BCUT2D eigenvalue weighted by Crippen LogP contribution is 2.24. The fourth-order valence-corrected chi connectivity index (χ4v) is 2.45. The molecule has 0 spiro atoms. The molecule has 1 aromatic carbocycles. The first-order valence-electron chi connectivity index (χ1n) is 6.44. The molecule has 0 radical (unpaired) electrons. The summed E-state index contributed by atoms with van der Waals surface area (Å²) in [6, 6.07) is 8.48. The van der Waals surface area contributed by atoms with Crippen LogP contribution >= 0.6 is 11.6 Å². The largest absolute Gasteiger partial charge is 0.468 e. The van der Waals surface area contributed by atoms with Gasteiger partial charge >= 0.3 is 10.1 Å². The lowest BCUT2D eigenvalue weighted by Crippen LogP contribution is -2.16. The van der Waals surface area contributed by atoms with Crippen LogP contribution in [0.5, 0.6) is 5.75 Å². The predicted octanol–water partition coefficient (Wildman–Crippen LogP) is 2.95. The van der Waals surface area contributed by atoms with Crippen molar-refractivity contribution in [3.63, 3.8) is 0 Å². The molecule has 2 aromatic rings. The van der Waals surface area contributed by atoms with Gasteiger partial charge in [-0.05, 0) is 37.3 Å². The van der Waals surface area contributed by atoms with Crippen LogP contribution in [0.1, 0.15) is 18.2 Å². The summed E-state index contributed by atoms with van der Waals surface area (Å²) >= 11 is 5.95. The zero-order valence-electron chi connectivity index (χ0n) is 11.5. The highest BCUT2D eigenvalue weighted by molar-refractivity contribution is 7.87. The maximum atomic E-state index is 11.6. The number of benzene rings is 1. The Labute approximate surface area is 129 Å². The van der Waals surface area contributed by atoms with Gasteiger partial charge in [-0.3, -0.25) is 0 Å². The standard InChI is InChI=1S/C14H16ClNO4S/c1-2-21(17,18)20-14-6-5-12(15)8-11(14)9-16-10-13-4-3-7-19-13/h3-8,16H,2,9-10H2,1H3. The summed E-state index contributed by atoms with van der Waals surface area (Å²) in [5.41, 5.74) is 0.672. The molecule has 2 rings (SSSR count). The SMILES string of the molecule is CCS(=O)(=O)Oc1ccc(Cl)cc1CNCc1ccco1. The second kappa shape index (κ2) is 6.98. The third-order valence-electron chi connectivity index (χ3n) is 2.79. The first-order chi connectivity index (χ1) is 10.00. The minimum atomic E-state index is -3.57. The number of furan rings is 1. The molecule has 0 saturated heterocycles. The predicted molar refractivity (Wildman–Crippen MR) is 80.8 cm³/mol. The van der Waals surface area contributed by atoms with Gasteiger partial charge in [0.25, 0.3) is 0 Å². The van der Waals surface area contributed by atoms with E-state index in [0.717, 1.165) is 5.76 Å². The van der Waals surface area contributed by atoms with Crippen molar-refractivity contribution in [3.05, 3.63) is 52.9 Å². The summed E-state index contributed by atoms with van der Waals surface area (Å²) in [7, 11) is -3.57. The van der Waals surface area contributed by atoms with Gasteiger partial charge in [-0.15, -0.1) is 0 Å². The molecule has 0 amide bonds. The first-order valence-corrected chi connectivity index (χ1v) is 8.39. The molecule has 1 heterocycles. The topological polar surface area (TPSA) is 68.5 Å². The van der Waals surface area contributed by atoms with Crippen molar-refractivity contribution in [2.24, 2.45) is 0 Å². The molecule has 0 aliphatic heterocycles. The number of rotatable bonds is 7. The van der Waals surface area contributed by atoms with Gasteiger partial charge in [0.05, 0.1) is 18.6 Å². The molecule has 114 valence electrons. The van der Waals surface area contributed by atoms with Crippen LogP contribution in [0.25, 0.3) is 0 Å². The molecule has 0 aliphatic carbocycles. The molecule has 5 nitrogen and oxygen atoms in total. The molecule has 7 heteroatoms. The van der Waals surface area contributed by atoms with Crippen molar-refractivity contribution in [2.45, 2.75) is 20.0 Å². The Morgan fingerprint density at radius 3 is 2.76 bits per heavy atom. The van der Waals surface area contributed by atoms with Gasteiger partial charge in [-0.2, -0.15) is 8.42 Å². The summed E-state index contributed by atoms with van der Waals surface area (Å²) in [4.78, 5) is 0. The molecule has 0 saturated carbocycles. The first kappa shape index (κ1) is 15.9. The highest BCUT2D eigenvalue weighted by Gasteiger charge is 2.13. The van der Waals surface area contributed by atoms with E-state index >= 15 is 0 Å². The smallest absolute Gasteiger partial charge is 0.308 e. The Morgan fingerprint density at radius 2 is 2.10 bits per heavy atom. The van der Waals surface area contributed by atoms with Crippen LogP contribution < -0.4 is 9.50 Å². The summed E-state index contributed by atoms with van der Waals surface area (Å²) in [6.07, 6.45) is 1.60. The molecular formula is C14H16ClNO4S. The fourth-order valence-electron chi connectivity index (χ4n) is 1.70. The van der Waals surface area contributed by atoms with Crippen LogP contribution in [0.15, 0.2) is 41.0 Å². The van der Waals surface area contributed by atoms with E-state index in [1.807, 2.05) is 6.07 Å². The average Bonchev–Trinajstić information content (AvgIpc) is 2.95. The van der Waals surface area contributed by atoms with Crippen molar-refractivity contribution in [1.29, 1.82) is 0 Å². The summed E-state index contributed by atoms with van der Waals surface area (Å²) in [6.45, 7) is 2.47. The van der Waals surface area contributed by atoms with E-state index in [4.69, 9.17) is 20.2 Å². The second-order valence-electron chi connectivity index (χ2n) is 4.36. The molecular weight excluding hydrogens is 314 g/mol. The molecule has 1 aromatic heterocycles. The number of hydrogen-bond acceptors (Lipinski definition) is 5. The zero-order valence-corrected chi connectivity index (χ0v) is 13.1. The molecule has 0 aliphatic rings. The van der Waals surface area contributed by atoms with E-state index in [-0.39, 0.29) is 11.5 Å². The second-order valence-corrected chi connectivity index (χ2v) is 6.66. The fraction of sp³-hybridized carbons (Fsp3) is 0.286. The summed E-state index contributed by atoms with van der Waals surface area (Å²) in [5.74, 6) is 0.989. The van der Waals surface area contributed by atoms with Crippen LogP contribution in [0.4, 0.5) is 0 Å². The molecule has 0 bridgehead atoms. The average molecular weight is 330 g/mol. The summed E-state index contributed by atoms with van der Waals surface area (Å²) in [5, 5.41) is 3.67. The number of nitrogens with one attached hydrogen (secondary N) is 1. The lowest BCUT2D eigenvalue weighted by molar-refractivity contribution is 0.471. The minimum absolute atomic E-state index is 0.0884. The van der Waals surface area contributed by atoms with E-state index in [9.17, 15) is 8.42 Å². The Kier molecular flexibility index (Phi) is 5.27. The quantitative estimate of drug-likeness (QED) is 0.791. The third-order valence-corrected chi connectivity index (χ3v) is 4.16. The van der Waals surface area contributed by atoms with E-state index < -0.39 is 10.1 Å². The van der Waals surface area contributed by atoms with Gasteiger partial charge in [-0.25, -0.2) is 0 Å².